The van der Waals surface area contributed by atoms with Gasteiger partial charge in [-0.1, -0.05) is 11.6 Å². The molecule has 0 aliphatic rings. The molecule has 110 valence electrons. The average molecular weight is 315 g/mol. The predicted molar refractivity (Wildman–Crippen MR) is 84.2 cm³/mol. The molecule has 0 amide bonds. The number of nitrogens with zero attached hydrogens (tertiary/aromatic N) is 2. The zero-order valence-electron chi connectivity index (χ0n) is 11.4. The van der Waals surface area contributed by atoms with Crippen molar-refractivity contribution < 1.29 is 9.66 Å². The van der Waals surface area contributed by atoms with Crippen molar-refractivity contribution in [2.24, 2.45) is 0 Å². The summed E-state index contributed by atoms with van der Waals surface area (Å²) in [5, 5.41) is 12.1. The second kappa shape index (κ2) is 5.99. The minimum Gasteiger partial charge on any atom is -0.489 e. The van der Waals surface area contributed by atoms with Crippen molar-refractivity contribution in [1.82, 2.24) is 4.98 Å². The van der Waals surface area contributed by atoms with E-state index in [4.69, 9.17) is 16.3 Å². The topological polar surface area (TPSA) is 65.3 Å². The Balaban J connectivity index is 1.74. The Hall–Kier alpha value is -2.66. The van der Waals surface area contributed by atoms with Crippen LogP contribution in [0.1, 0.15) is 5.56 Å². The highest BCUT2D eigenvalue weighted by Gasteiger charge is 2.05. The first-order valence-electron chi connectivity index (χ1n) is 6.54. The van der Waals surface area contributed by atoms with Crippen molar-refractivity contribution >= 4 is 28.2 Å². The predicted octanol–water partition coefficient (Wildman–Crippen LogP) is 4.38. The Morgan fingerprint density at radius 3 is 2.64 bits per heavy atom. The van der Waals surface area contributed by atoms with Gasteiger partial charge in [-0.05, 0) is 35.9 Å². The van der Waals surface area contributed by atoms with Gasteiger partial charge in [0.05, 0.1) is 15.5 Å². The summed E-state index contributed by atoms with van der Waals surface area (Å²) in [7, 11) is 0. The lowest BCUT2D eigenvalue weighted by Gasteiger charge is -2.07. The summed E-state index contributed by atoms with van der Waals surface area (Å²) in [4.78, 5) is 14.4. The van der Waals surface area contributed by atoms with E-state index >= 15 is 0 Å². The number of nitro groups is 1. The Morgan fingerprint density at radius 1 is 1.14 bits per heavy atom. The maximum absolute atomic E-state index is 10.6. The first-order valence-corrected chi connectivity index (χ1v) is 6.92. The Morgan fingerprint density at radius 2 is 1.91 bits per heavy atom. The van der Waals surface area contributed by atoms with E-state index in [-0.39, 0.29) is 5.69 Å². The van der Waals surface area contributed by atoms with Crippen molar-refractivity contribution in [3.05, 3.63) is 75.4 Å². The molecule has 3 aromatic rings. The molecule has 3 rings (SSSR count). The van der Waals surface area contributed by atoms with Gasteiger partial charge in [-0.2, -0.15) is 0 Å². The average Bonchev–Trinajstić information content (AvgIpc) is 2.53. The van der Waals surface area contributed by atoms with Crippen LogP contribution in [0.5, 0.6) is 5.75 Å². The lowest BCUT2D eigenvalue weighted by atomic mass is 10.2. The summed E-state index contributed by atoms with van der Waals surface area (Å²) in [5.74, 6) is 0.667. The number of hydrogen-bond acceptors (Lipinski definition) is 4. The van der Waals surface area contributed by atoms with E-state index in [1.807, 2.05) is 18.2 Å². The van der Waals surface area contributed by atoms with Gasteiger partial charge in [0.15, 0.2) is 0 Å². The highest BCUT2D eigenvalue weighted by molar-refractivity contribution is 6.35. The number of pyridine rings is 1. The zero-order valence-corrected chi connectivity index (χ0v) is 12.2. The molecule has 0 unspecified atom stereocenters. The largest absolute Gasteiger partial charge is 0.489 e. The Kier molecular flexibility index (Phi) is 3.89. The standard InChI is InChI=1S/C16H11ClN2O3/c17-15-7-8-18-16-9-13(5-6-14(15)16)22-10-11-1-3-12(4-2-11)19(20)21/h1-9H,10H2. The zero-order chi connectivity index (χ0) is 15.5. The van der Waals surface area contributed by atoms with Crippen LogP contribution in [-0.4, -0.2) is 9.91 Å². The number of fused-ring (bicyclic) bond motifs is 1. The summed E-state index contributed by atoms with van der Waals surface area (Å²) < 4.78 is 5.69. The van der Waals surface area contributed by atoms with Gasteiger partial charge in [0.25, 0.3) is 5.69 Å². The molecular formula is C16H11ClN2O3. The van der Waals surface area contributed by atoms with Gasteiger partial charge in [-0.15, -0.1) is 0 Å². The van der Waals surface area contributed by atoms with E-state index in [9.17, 15) is 10.1 Å². The molecule has 0 aliphatic heterocycles. The summed E-state index contributed by atoms with van der Waals surface area (Å²) in [6.45, 7) is 0.323. The minimum absolute atomic E-state index is 0.0632. The summed E-state index contributed by atoms with van der Waals surface area (Å²) >= 11 is 6.09. The lowest BCUT2D eigenvalue weighted by Crippen LogP contribution is -1.96. The van der Waals surface area contributed by atoms with Gasteiger partial charge in [-0.3, -0.25) is 15.1 Å². The van der Waals surface area contributed by atoms with Gasteiger partial charge in [-0.25, -0.2) is 0 Å². The molecule has 1 aromatic heterocycles. The van der Waals surface area contributed by atoms with Crippen LogP contribution in [0.25, 0.3) is 10.9 Å². The third-order valence-corrected chi connectivity index (χ3v) is 3.54. The van der Waals surface area contributed by atoms with Crippen LogP contribution in [-0.2, 0) is 6.61 Å². The smallest absolute Gasteiger partial charge is 0.269 e. The molecule has 22 heavy (non-hydrogen) atoms. The number of benzene rings is 2. The molecule has 0 N–H and O–H groups in total. The highest BCUT2D eigenvalue weighted by atomic mass is 35.5. The lowest BCUT2D eigenvalue weighted by molar-refractivity contribution is -0.384. The molecular weight excluding hydrogens is 304 g/mol. The molecule has 0 radical (unpaired) electrons. The number of rotatable bonds is 4. The molecule has 0 aliphatic carbocycles. The van der Waals surface area contributed by atoms with Gasteiger partial charge < -0.3 is 4.74 Å². The fraction of sp³-hybridized carbons (Fsp3) is 0.0625. The summed E-state index contributed by atoms with van der Waals surface area (Å²) in [5.41, 5.74) is 1.67. The Labute approximate surface area is 131 Å². The molecule has 6 heteroatoms. The molecule has 2 aromatic carbocycles. The van der Waals surface area contributed by atoms with E-state index in [2.05, 4.69) is 4.98 Å². The van der Waals surface area contributed by atoms with E-state index in [1.165, 1.54) is 12.1 Å². The van der Waals surface area contributed by atoms with Gasteiger partial charge in [0, 0.05) is 29.8 Å². The third-order valence-electron chi connectivity index (χ3n) is 3.21. The van der Waals surface area contributed by atoms with Crippen molar-refractivity contribution in [3.63, 3.8) is 0 Å². The van der Waals surface area contributed by atoms with E-state index in [1.54, 1.807) is 24.4 Å². The molecule has 5 nitrogen and oxygen atoms in total. The van der Waals surface area contributed by atoms with E-state index in [0.717, 1.165) is 16.5 Å². The van der Waals surface area contributed by atoms with Gasteiger partial charge in [0.1, 0.15) is 12.4 Å². The van der Waals surface area contributed by atoms with E-state index < -0.39 is 4.92 Å². The molecule has 0 atom stereocenters. The highest BCUT2D eigenvalue weighted by Crippen LogP contribution is 2.25. The van der Waals surface area contributed by atoms with E-state index in [0.29, 0.717) is 17.4 Å². The molecule has 0 bridgehead atoms. The number of hydrogen-bond donors (Lipinski definition) is 0. The fourth-order valence-corrected chi connectivity index (χ4v) is 2.28. The number of aromatic nitrogens is 1. The van der Waals surface area contributed by atoms with Crippen LogP contribution in [0.2, 0.25) is 5.02 Å². The molecule has 0 fully saturated rings. The second-order valence-electron chi connectivity index (χ2n) is 4.68. The number of nitro benzene ring substituents is 1. The summed E-state index contributed by atoms with van der Waals surface area (Å²) in [6, 6.07) is 13.5. The molecule has 0 saturated carbocycles. The molecule has 0 saturated heterocycles. The van der Waals surface area contributed by atoms with Crippen LogP contribution in [0.3, 0.4) is 0 Å². The quantitative estimate of drug-likeness (QED) is 0.529. The maximum Gasteiger partial charge on any atom is 0.269 e. The van der Waals surface area contributed by atoms with Crippen LogP contribution in [0, 0.1) is 10.1 Å². The van der Waals surface area contributed by atoms with Crippen LogP contribution >= 0.6 is 11.6 Å². The monoisotopic (exact) mass is 314 g/mol. The van der Waals surface area contributed by atoms with Gasteiger partial charge >= 0.3 is 0 Å². The minimum atomic E-state index is -0.427. The number of non-ortho nitro benzene ring substituents is 1. The molecule has 1 heterocycles. The van der Waals surface area contributed by atoms with Crippen molar-refractivity contribution in [1.29, 1.82) is 0 Å². The van der Waals surface area contributed by atoms with Crippen molar-refractivity contribution in [2.45, 2.75) is 6.61 Å². The van der Waals surface area contributed by atoms with Crippen molar-refractivity contribution in [3.8, 4) is 5.75 Å². The number of ether oxygens (including phenoxy) is 1. The first kappa shape index (κ1) is 14.3. The maximum atomic E-state index is 10.6. The third kappa shape index (κ3) is 2.99. The number of halogens is 1. The second-order valence-corrected chi connectivity index (χ2v) is 5.09. The van der Waals surface area contributed by atoms with Crippen LogP contribution < -0.4 is 4.74 Å². The molecule has 0 spiro atoms. The van der Waals surface area contributed by atoms with Crippen molar-refractivity contribution in [2.75, 3.05) is 0 Å². The van der Waals surface area contributed by atoms with Crippen LogP contribution in [0.15, 0.2) is 54.7 Å². The first-order chi connectivity index (χ1) is 10.6. The van der Waals surface area contributed by atoms with Crippen LogP contribution in [0.4, 0.5) is 5.69 Å². The van der Waals surface area contributed by atoms with Gasteiger partial charge in [0.2, 0.25) is 0 Å². The fourth-order valence-electron chi connectivity index (χ4n) is 2.06. The normalized spacial score (nSPS) is 10.6. The SMILES string of the molecule is O=[N+]([O-])c1ccc(COc2ccc3c(Cl)ccnc3c2)cc1. The summed E-state index contributed by atoms with van der Waals surface area (Å²) in [6.07, 6.45) is 1.64. The Bertz CT molecular complexity index is 834.